The summed E-state index contributed by atoms with van der Waals surface area (Å²) in [4.78, 5) is 0. The topological polar surface area (TPSA) is 40.5 Å². The second-order valence-electron chi connectivity index (χ2n) is 5.70. The van der Waals surface area contributed by atoms with Crippen LogP contribution >= 0.6 is 15.9 Å². The van der Waals surface area contributed by atoms with E-state index in [1.165, 1.54) is 0 Å². The van der Waals surface area contributed by atoms with Gasteiger partial charge in [0.1, 0.15) is 5.75 Å². The van der Waals surface area contributed by atoms with Gasteiger partial charge in [-0.05, 0) is 50.0 Å². The molecule has 1 saturated carbocycles. The van der Waals surface area contributed by atoms with E-state index in [4.69, 9.17) is 0 Å². The molecule has 0 unspecified atom stereocenters. The largest absolute Gasteiger partial charge is 0.508 e. The minimum Gasteiger partial charge on any atom is -0.508 e. The summed E-state index contributed by atoms with van der Waals surface area (Å²) in [6.07, 6.45) is 1.47. The molecule has 2 rings (SSSR count). The second-order valence-corrected chi connectivity index (χ2v) is 6.56. The van der Waals surface area contributed by atoms with Crippen LogP contribution in [0.5, 0.6) is 5.75 Å². The van der Waals surface area contributed by atoms with Crippen molar-refractivity contribution in [1.29, 1.82) is 0 Å². The molecule has 2 nitrogen and oxygen atoms in total. The summed E-state index contributed by atoms with van der Waals surface area (Å²) in [6, 6.07) is 3.70. The number of benzene rings is 1. The highest BCUT2D eigenvalue weighted by Crippen LogP contribution is 2.52. The van der Waals surface area contributed by atoms with E-state index in [0.717, 1.165) is 27.6 Å². The molecule has 98 valence electrons. The third-order valence-corrected chi connectivity index (χ3v) is 5.15. The number of hydrogen-bond acceptors (Lipinski definition) is 2. The van der Waals surface area contributed by atoms with E-state index in [2.05, 4.69) is 22.5 Å². The van der Waals surface area contributed by atoms with Crippen molar-refractivity contribution >= 4 is 15.9 Å². The standard InChI is InChI=1S/C15H19BrO2/c1-9-7-13(17)11(8-12(9)16)14(3)5-6-15(4,18)10(14)2/h7-8,17-18H,2,5-6H2,1,3-4H3/t14-,15+/m1/s1. The highest BCUT2D eigenvalue weighted by Gasteiger charge is 2.47. The van der Waals surface area contributed by atoms with Crippen molar-refractivity contribution in [2.75, 3.05) is 0 Å². The number of aliphatic hydroxyl groups is 1. The molecule has 0 saturated heterocycles. The molecule has 0 radical (unpaired) electrons. The van der Waals surface area contributed by atoms with Crippen molar-refractivity contribution in [3.05, 3.63) is 39.9 Å². The Morgan fingerprint density at radius 3 is 2.39 bits per heavy atom. The Hall–Kier alpha value is -0.800. The summed E-state index contributed by atoms with van der Waals surface area (Å²) in [5, 5.41) is 20.5. The van der Waals surface area contributed by atoms with Crippen LogP contribution in [0.1, 0.15) is 37.8 Å². The molecule has 1 aliphatic rings. The number of aryl methyl sites for hydroxylation is 1. The number of halogens is 1. The molecule has 0 amide bonds. The van der Waals surface area contributed by atoms with Crippen LogP contribution in [0.2, 0.25) is 0 Å². The third kappa shape index (κ3) is 1.90. The van der Waals surface area contributed by atoms with Gasteiger partial charge in [0.2, 0.25) is 0 Å². The van der Waals surface area contributed by atoms with Crippen LogP contribution in [0.25, 0.3) is 0 Å². The van der Waals surface area contributed by atoms with E-state index in [0.29, 0.717) is 6.42 Å². The first kappa shape index (κ1) is 13.6. The highest BCUT2D eigenvalue weighted by molar-refractivity contribution is 9.10. The highest BCUT2D eigenvalue weighted by atomic mass is 79.9. The summed E-state index contributed by atoms with van der Waals surface area (Å²) in [5.74, 6) is 0.275. The van der Waals surface area contributed by atoms with E-state index >= 15 is 0 Å². The molecule has 0 heterocycles. The number of hydrogen-bond donors (Lipinski definition) is 2. The van der Waals surface area contributed by atoms with Gasteiger partial charge in [0.25, 0.3) is 0 Å². The molecule has 1 fully saturated rings. The van der Waals surface area contributed by atoms with Crippen molar-refractivity contribution in [3.63, 3.8) is 0 Å². The van der Waals surface area contributed by atoms with Crippen LogP contribution in [-0.4, -0.2) is 15.8 Å². The lowest BCUT2D eigenvalue weighted by Crippen LogP contribution is -2.28. The fourth-order valence-corrected chi connectivity index (χ4v) is 3.14. The van der Waals surface area contributed by atoms with E-state index in [-0.39, 0.29) is 11.2 Å². The molecule has 1 aliphatic carbocycles. The quantitative estimate of drug-likeness (QED) is 0.774. The fraction of sp³-hybridized carbons (Fsp3) is 0.467. The zero-order chi connectivity index (χ0) is 13.7. The molecule has 0 aliphatic heterocycles. The van der Waals surface area contributed by atoms with E-state index < -0.39 is 5.60 Å². The van der Waals surface area contributed by atoms with Crippen LogP contribution in [0.3, 0.4) is 0 Å². The molecule has 3 heteroatoms. The minimum absolute atomic E-state index is 0.275. The maximum Gasteiger partial charge on any atom is 0.119 e. The van der Waals surface area contributed by atoms with Gasteiger partial charge in [-0.15, -0.1) is 0 Å². The van der Waals surface area contributed by atoms with Crippen LogP contribution in [0, 0.1) is 6.92 Å². The number of rotatable bonds is 1. The molecular formula is C15H19BrO2. The third-order valence-electron chi connectivity index (χ3n) is 4.30. The zero-order valence-corrected chi connectivity index (χ0v) is 12.6. The number of aromatic hydroxyl groups is 1. The maximum atomic E-state index is 10.3. The van der Waals surface area contributed by atoms with Gasteiger partial charge >= 0.3 is 0 Å². The first-order valence-electron chi connectivity index (χ1n) is 6.10. The molecular weight excluding hydrogens is 292 g/mol. The number of phenols is 1. The maximum absolute atomic E-state index is 10.3. The molecule has 0 bridgehead atoms. The lowest BCUT2D eigenvalue weighted by molar-refractivity contribution is 0.105. The van der Waals surface area contributed by atoms with Crippen molar-refractivity contribution < 1.29 is 10.2 Å². The molecule has 2 N–H and O–H groups in total. The first-order valence-corrected chi connectivity index (χ1v) is 6.89. The number of phenolic OH excluding ortho intramolecular Hbond substituents is 1. The smallest absolute Gasteiger partial charge is 0.119 e. The molecule has 0 spiro atoms. The van der Waals surface area contributed by atoms with Gasteiger partial charge in [-0.2, -0.15) is 0 Å². The molecule has 18 heavy (non-hydrogen) atoms. The zero-order valence-electron chi connectivity index (χ0n) is 11.0. The fourth-order valence-electron chi connectivity index (χ4n) is 2.79. The van der Waals surface area contributed by atoms with Gasteiger partial charge < -0.3 is 10.2 Å². The summed E-state index contributed by atoms with van der Waals surface area (Å²) >= 11 is 3.50. The van der Waals surface area contributed by atoms with Gasteiger partial charge in [-0.25, -0.2) is 0 Å². The summed E-state index contributed by atoms with van der Waals surface area (Å²) < 4.78 is 0.968. The average Bonchev–Trinajstić information content (AvgIpc) is 2.49. The minimum atomic E-state index is -0.849. The van der Waals surface area contributed by atoms with Gasteiger partial charge in [-0.3, -0.25) is 0 Å². The molecule has 2 atom stereocenters. The van der Waals surface area contributed by atoms with Crippen molar-refractivity contribution in [2.24, 2.45) is 0 Å². The van der Waals surface area contributed by atoms with Crippen LogP contribution in [0.15, 0.2) is 28.8 Å². The average molecular weight is 311 g/mol. The lowest BCUT2D eigenvalue weighted by Gasteiger charge is -2.30. The monoisotopic (exact) mass is 310 g/mol. The van der Waals surface area contributed by atoms with Crippen molar-refractivity contribution in [1.82, 2.24) is 0 Å². The Morgan fingerprint density at radius 2 is 1.89 bits per heavy atom. The van der Waals surface area contributed by atoms with E-state index in [1.54, 1.807) is 13.0 Å². The van der Waals surface area contributed by atoms with Gasteiger partial charge in [0, 0.05) is 15.5 Å². The predicted octanol–water partition coefficient (Wildman–Crippen LogP) is 3.82. The van der Waals surface area contributed by atoms with E-state index in [1.807, 2.05) is 19.9 Å². The Morgan fingerprint density at radius 1 is 1.28 bits per heavy atom. The lowest BCUT2D eigenvalue weighted by atomic mass is 9.76. The van der Waals surface area contributed by atoms with Crippen LogP contribution in [0.4, 0.5) is 0 Å². The summed E-state index contributed by atoms with van der Waals surface area (Å²) in [6.45, 7) is 9.82. The Labute approximate surface area is 116 Å². The van der Waals surface area contributed by atoms with Crippen LogP contribution in [-0.2, 0) is 5.41 Å². The molecule has 1 aromatic carbocycles. The van der Waals surface area contributed by atoms with Gasteiger partial charge in [0.15, 0.2) is 0 Å². The second kappa shape index (κ2) is 4.10. The molecule has 0 aromatic heterocycles. The Bertz CT molecular complexity index is 519. The Kier molecular flexibility index (Phi) is 3.11. The van der Waals surface area contributed by atoms with Crippen molar-refractivity contribution in [3.8, 4) is 5.75 Å². The van der Waals surface area contributed by atoms with Gasteiger partial charge in [-0.1, -0.05) is 29.4 Å². The molecule has 1 aromatic rings. The SMILES string of the molecule is C=C1[C@@](C)(O)CC[C@@]1(C)c1cc(Br)c(C)cc1O. The van der Waals surface area contributed by atoms with E-state index in [9.17, 15) is 10.2 Å². The van der Waals surface area contributed by atoms with Crippen LogP contribution < -0.4 is 0 Å². The predicted molar refractivity (Wildman–Crippen MR) is 76.9 cm³/mol. The van der Waals surface area contributed by atoms with Crippen molar-refractivity contribution in [2.45, 2.75) is 44.6 Å². The first-order chi connectivity index (χ1) is 8.18. The summed E-state index contributed by atoms with van der Waals surface area (Å²) in [5.41, 5.74) is 1.39. The van der Waals surface area contributed by atoms with Gasteiger partial charge in [0.05, 0.1) is 5.60 Å². The summed E-state index contributed by atoms with van der Waals surface area (Å²) in [7, 11) is 0. The Balaban J connectivity index is 2.56. The normalized spacial score (nSPS) is 31.9.